The second-order valence-corrected chi connectivity index (χ2v) is 5.96. The van der Waals surface area contributed by atoms with Crippen molar-refractivity contribution in [3.8, 4) is 0 Å². The number of hydrogen-bond donors (Lipinski definition) is 0. The Labute approximate surface area is 127 Å². The van der Waals surface area contributed by atoms with E-state index in [2.05, 4.69) is 15.9 Å². The summed E-state index contributed by atoms with van der Waals surface area (Å²) in [6.07, 6.45) is 1.03. The van der Waals surface area contributed by atoms with Gasteiger partial charge in [0, 0.05) is 35.7 Å². The predicted molar refractivity (Wildman–Crippen MR) is 79.7 cm³/mol. The fourth-order valence-corrected chi connectivity index (χ4v) is 2.63. The molecule has 1 aliphatic heterocycles. The highest BCUT2D eigenvalue weighted by molar-refractivity contribution is 9.10. The molecule has 1 fully saturated rings. The summed E-state index contributed by atoms with van der Waals surface area (Å²) in [6, 6.07) is 5.32. The molecule has 0 bridgehead atoms. The molecular weight excluding hydrogens is 330 g/mol. The van der Waals surface area contributed by atoms with Gasteiger partial charge in [-0.05, 0) is 47.5 Å². The number of rotatable bonds is 4. The van der Waals surface area contributed by atoms with Crippen LogP contribution in [-0.4, -0.2) is 37.1 Å². The number of nitrogens with zero attached hydrogens (tertiary/aromatic N) is 1. The second kappa shape index (κ2) is 6.73. The normalized spacial score (nSPS) is 18.6. The van der Waals surface area contributed by atoms with E-state index < -0.39 is 0 Å². The molecule has 1 aromatic carbocycles. The Kier molecular flexibility index (Phi) is 5.25. The van der Waals surface area contributed by atoms with E-state index in [1.54, 1.807) is 12.1 Å². The Balaban J connectivity index is 2.08. The topological polar surface area (TPSA) is 29.5 Å². The first-order valence-corrected chi connectivity index (χ1v) is 7.61. The van der Waals surface area contributed by atoms with E-state index in [0.29, 0.717) is 23.0 Å². The van der Waals surface area contributed by atoms with Gasteiger partial charge in [0.05, 0.1) is 11.6 Å². The molecule has 0 saturated carbocycles. The molecule has 5 heteroatoms. The summed E-state index contributed by atoms with van der Waals surface area (Å²) in [7, 11) is 0. The van der Waals surface area contributed by atoms with Gasteiger partial charge in [-0.25, -0.2) is 0 Å². The number of carbonyl (C=O) groups is 1. The average Bonchev–Trinajstić information content (AvgIpc) is 2.91. The Morgan fingerprint density at radius 1 is 1.58 bits per heavy atom. The summed E-state index contributed by atoms with van der Waals surface area (Å²) in [5.41, 5.74) is 0.633. The molecule has 1 unspecified atom stereocenters. The van der Waals surface area contributed by atoms with Gasteiger partial charge in [0.25, 0.3) is 5.91 Å². The Morgan fingerprint density at radius 2 is 2.37 bits per heavy atom. The zero-order valence-electron chi connectivity index (χ0n) is 10.9. The zero-order chi connectivity index (χ0) is 13.8. The molecule has 19 heavy (non-hydrogen) atoms. The molecule has 1 aliphatic rings. The molecule has 0 spiro atoms. The summed E-state index contributed by atoms with van der Waals surface area (Å²) < 4.78 is 6.16. The summed E-state index contributed by atoms with van der Waals surface area (Å²) in [6.45, 7) is 5.01. The number of carbonyl (C=O) groups excluding carboxylic acids is 1. The van der Waals surface area contributed by atoms with Crippen LogP contribution < -0.4 is 0 Å². The Bertz CT molecular complexity index is 461. The summed E-state index contributed by atoms with van der Waals surface area (Å²) in [5, 5.41) is 0.561. The minimum atomic E-state index is 0.0313. The second-order valence-electron chi connectivity index (χ2n) is 4.70. The monoisotopic (exact) mass is 345 g/mol. The first-order chi connectivity index (χ1) is 9.11. The van der Waals surface area contributed by atoms with Crippen molar-refractivity contribution in [2.75, 3.05) is 26.3 Å². The van der Waals surface area contributed by atoms with Crippen molar-refractivity contribution in [2.24, 2.45) is 5.92 Å². The highest BCUT2D eigenvalue weighted by atomic mass is 79.9. The van der Waals surface area contributed by atoms with Gasteiger partial charge in [-0.1, -0.05) is 11.6 Å². The van der Waals surface area contributed by atoms with Gasteiger partial charge in [0.2, 0.25) is 0 Å². The maximum atomic E-state index is 12.4. The van der Waals surface area contributed by atoms with Gasteiger partial charge in [-0.2, -0.15) is 0 Å². The Morgan fingerprint density at radius 3 is 2.95 bits per heavy atom. The zero-order valence-corrected chi connectivity index (χ0v) is 13.2. The lowest BCUT2D eigenvalue weighted by molar-refractivity contribution is 0.0731. The van der Waals surface area contributed by atoms with Crippen LogP contribution in [0.4, 0.5) is 0 Å². The summed E-state index contributed by atoms with van der Waals surface area (Å²) in [5.74, 6) is 0.485. The molecule has 3 nitrogen and oxygen atoms in total. The van der Waals surface area contributed by atoms with Crippen LogP contribution in [-0.2, 0) is 4.74 Å². The van der Waals surface area contributed by atoms with Crippen molar-refractivity contribution in [3.05, 3.63) is 33.3 Å². The molecule has 1 atom stereocenters. The molecule has 1 heterocycles. The van der Waals surface area contributed by atoms with Gasteiger partial charge < -0.3 is 9.64 Å². The van der Waals surface area contributed by atoms with E-state index in [9.17, 15) is 4.79 Å². The van der Waals surface area contributed by atoms with Crippen LogP contribution in [0.15, 0.2) is 22.7 Å². The van der Waals surface area contributed by atoms with Gasteiger partial charge >= 0.3 is 0 Å². The maximum Gasteiger partial charge on any atom is 0.253 e. The standard InChI is InChI=1S/C14H17BrClNO2/c1-2-17(8-10-5-6-19-9-10)14(18)11-3-4-12(15)13(16)7-11/h3-4,7,10H,2,5-6,8-9H2,1H3. The van der Waals surface area contributed by atoms with Gasteiger partial charge in [0.15, 0.2) is 0 Å². The van der Waals surface area contributed by atoms with Crippen molar-refractivity contribution in [1.82, 2.24) is 4.90 Å². The fourth-order valence-electron chi connectivity index (χ4n) is 2.21. The first kappa shape index (κ1) is 14.8. The SMILES string of the molecule is CCN(CC1CCOC1)C(=O)c1ccc(Br)c(Cl)c1. The molecule has 104 valence electrons. The third-order valence-electron chi connectivity index (χ3n) is 3.34. The third-order valence-corrected chi connectivity index (χ3v) is 4.57. The van der Waals surface area contributed by atoms with Crippen LogP contribution in [0.5, 0.6) is 0 Å². The van der Waals surface area contributed by atoms with Crippen LogP contribution in [0, 0.1) is 5.92 Å². The largest absolute Gasteiger partial charge is 0.381 e. The third kappa shape index (κ3) is 3.71. The van der Waals surface area contributed by atoms with Crippen LogP contribution in [0.2, 0.25) is 5.02 Å². The number of halogens is 2. The maximum absolute atomic E-state index is 12.4. The lowest BCUT2D eigenvalue weighted by atomic mass is 10.1. The first-order valence-electron chi connectivity index (χ1n) is 6.44. The van der Waals surface area contributed by atoms with Crippen molar-refractivity contribution in [3.63, 3.8) is 0 Å². The minimum Gasteiger partial charge on any atom is -0.381 e. The Hall–Kier alpha value is -0.580. The van der Waals surface area contributed by atoms with E-state index in [0.717, 1.165) is 30.7 Å². The predicted octanol–water partition coefficient (Wildman–Crippen LogP) is 3.60. The van der Waals surface area contributed by atoms with E-state index in [1.807, 2.05) is 17.9 Å². The number of amides is 1. The van der Waals surface area contributed by atoms with Crippen LogP contribution in [0.3, 0.4) is 0 Å². The van der Waals surface area contributed by atoms with E-state index >= 15 is 0 Å². The molecule has 0 aliphatic carbocycles. The lowest BCUT2D eigenvalue weighted by Gasteiger charge is -2.24. The smallest absolute Gasteiger partial charge is 0.253 e. The molecular formula is C14H17BrClNO2. The lowest BCUT2D eigenvalue weighted by Crippen LogP contribution is -2.35. The molecule has 1 saturated heterocycles. The average molecular weight is 347 g/mol. The quantitative estimate of drug-likeness (QED) is 0.833. The van der Waals surface area contributed by atoms with Crippen LogP contribution in [0.25, 0.3) is 0 Å². The fraction of sp³-hybridized carbons (Fsp3) is 0.500. The van der Waals surface area contributed by atoms with Gasteiger partial charge in [-0.3, -0.25) is 4.79 Å². The van der Waals surface area contributed by atoms with E-state index in [1.165, 1.54) is 0 Å². The number of hydrogen-bond acceptors (Lipinski definition) is 2. The molecule has 1 aromatic rings. The van der Waals surface area contributed by atoms with Gasteiger partial charge in [0.1, 0.15) is 0 Å². The molecule has 0 aromatic heterocycles. The minimum absolute atomic E-state index is 0.0313. The molecule has 2 rings (SSSR count). The molecule has 0 radical (unpaired) electrons. The number of benzene rings is 1. The van der Waals surface area contributed by atoms with Crippen LogP contribution in [0.1, 0.15) is 23.7 Å². The van der Waals surface area contributed by atoms with Gasteiger partial charge in [-0.15, -0.1) is 0 Å². The van der Waals surface area contributed by atoms with Crippen molar-refractivity contribution < 1.29 is 9.53 Å². The van der Waals surface area contributed by atoms with Crippen molar-refractivity contribution in [2.45, 2.75) is 13.3 Å². The number of ether oxygens (including phenoxy) is 1. The van der Waals surface area contributed by atoms with Crippen molar-refractivity contribution in [1.29, 1.82) is 0 Å². The highest BCUT2D eigenvalue weighted by Gasteiger charge is 2.22. The van der Waals surface area contributed by atoms with Crippen molar-refractivity contribution >= 4 is 33.4 Å². The molecule has 0 N–H and O–H groups in total. The van der Waals surface area contributed by atoms with Crippen LogP contribution >= 0.6 is 27.5 Å². The van der Waals surface area contributed by atoms with E-state index in [-0.39, 0.29) is 5.91 Å². The summed E-state index contributed by atoms with van der Waals surface area (Å²) >= 11 is 9.37. The molecule has 1 amide bonds. The van der Waals surface area contributed by atoms with E-state index in [4.69, 9.17) is 16.3 Å². The summed E-state index contributed by atoms with van der Waals surface area (Å²) in [4.78, 5) is 14.3. The highest BCUT2D eigenvalue weighted by Crippen LogP contribution is 2.24.